The summed E-state index contributed by atoms with van der Waals surface area (Å²) in [6.07, 6.45) is 0.736. The summed E-state index contributed by atoms with van der Waals surface area (Å²) in [6.45, 7) is 9.76. The van der Waals surface area contributed by atoms with E-state index >= 15 is 0 Å². The number of hydrogen-bond donors (Lipinski definition) is 0. The normalized spacial score (nSPS) is 10.4. The van der Waals surface area contributed by atoms with Gasteiger partial charge in [-0.15, -0.1) is 0 Å². The minimum Gasteiger partial charge on any atom is -0.462 e. The van der Waals surface area contributed by atoms with Crippen molar-refractivity contribution in [2.24, 2.45) is 0 Å². The molecule has 0 aromatic heterocycles. The average Bonchev–Trinajstić information content (AvgIpc) is 2.29. The first-order valence-corrected chi connectivity index (χ1v) is 5.73. The number of rotatable bonds is 5. The lowest BCUT2D eigenvalue weighted by molar-refractivity contribution is -0.138. The van der Waals surface area contributed by atoms with Crippen molar-refractivity contribution in [3.8, 4) is 0 Å². The summed E-state index contributed by atoms with van der Waals surface area (Å²) in [7, 11) is 0. The summed E-state index contributed by atoms with van der Waals surface area (Å²) in [4.78, 5) is 11.2. The molecule has 1 rings (SSSR count). The molecule has 0 saturated heterocycles. The fraction of sp³-hybridized carbons (Fsp3) is 0.333. The van der Waals surface area contributed by atoms with E-state index in [-0.39, 0.29) is 5.97 Å². The molecule has 17 heavy (non-hydrogen) atoms. The Hall–Kier alpha value is -1.57. The van der Waals surface area contributed by atoms with Crippen LogP contribution in [0.25, 0.3) is 0 Å². The van der Waals surface area contributed by atoms with Crippen molar-refractivity contribution < 1.29 is 9.53 Å². The molecule has 0 bridgehead atoms. The van der Waals surface area contributed by atoms with Crippen LogP contribution in [0.1, 0.15) is 31.9 Å². The standard InChI is InChI=1S/C15H19O2/c1-11(2)14-8-6-5-7-13(14)9-10-17-15(16)12(3)4/h5-8H,3,9-10H2,1-2,4H3. The molecule has 0 amide bonds. The summed E-state index contributed by atoms with van der Waals surface area (Å²) in [5.41, 5.74) is 2.89. The fourth-order valence-electron chi connectivity index (χ4n) is 1.60. The molecule has 0 aliphatic rings. The topological polar surface area (TPSA) is 26.3 Å². The Morgan fingerprint density at radius 1 is 1.24 bits per heavy atom. The second kappa shape index (κ2) is 6.24. The smallest absolute Gasteiger partial charge is 0.333 e. The van der Waals surface area contributed by atoms with Crippen LogP contribution in [0.4, 0.5) is 0 Å². The van der Waals surface area contributed by atoms with Crippen LogP contribution in [0.3, 0.4) is 0 Å². The lowest BCUT2D eigenvalue weighted by atomic mass is 9.96. The van der Waals surface area contributed by atoms with Crippen LogP contribution in [-0.2, 0) is 16.0 Å². The van der Waals surface area contributed by atoms with Gasteiger partial charge >= 0.3 is 5.97 Å². The molecule has 0 N–H and O–H groups in total. The lowest BCUT2D eigenvalue weighted by Gasteiger charge is -2.12. The number of carbonyl (C=O) groups is 1. The average molecular weight is 231 g/mol. The van der Waals surface area contributed by atoms with Gasteiger partial charge in [0.05, 0.1) is 6.61 Å². The Labute approximate surface area is 103 Å². The molecule has 1 aromatic rings. The minimum absolute atomic E-state index is 0.320. The Balaban J connectivity index is 2.58. The first kappa shape index (κ1) is 13.5. The quantitative estimate of drug-likeness (QED) is 0.574. The molecular formula is C15H19O2. The Bertz CT molecular complexity index is 405. The first-order valence-electron chi connectivity index (χ1n) is 5.73. The van der Waals surface area contributed by atoms with Crippen molar-refractivity contribution >= 4 is 5.97 Å². The Morgan fingerprint density at radius 3 is 2.47 bits per heavy atom. The monoisotopic (exact) mass is 231 g/mol. The molecule has 0 fully saturated rings. The molecule has 2 nitrogen and oxygen atoms in total. The van der Waals surface area contributed by atoms with E-state index in [4.69, 9.17) is 4.74 Å². The molecule has 1 radical (unpaired) electrons. The van der Waals surface area contributed by atoms with Crippen LogP contribution >= 0.6 is 0 Å². The third-order valence-electron chi connectivity index (χ3n) is 2.51. The largest absolute Gasteiger partial charge is 0.462 e. The first-order chi connectivity index (χ1) is 8.02. The molecule has 0 spiro atoms. The van der Waals surface area contributed by atoms with Gasteiger partial charge in [-0.2, -0.15) is 0 Å². The van der Waals surface area contributed by atoms with E-state index in [0.29, 0.717) is 12.2 Å². The number of ether oxygens (including phenoxy) is 1. The van der Waals surface area contributed by atoms with Crippen LogP contribution < -0.4 is 0 Å². The van der Waals surface area contributed by atoms with Crippen molar-refractivity contribution in [2.75, 3.05) is 6.61 Å². The number of hydrogen-bond acceptors (Lipinski definition) is 2. The summed E-state index contributed by atoms with van der Waals surface area (Å²) in [6, 6.07) is 8.18. The Morgan fingerprint density at radius 2 is 1.88 bits per heavy atom. The van der Waals surface area contributed by atoms with Crippen molar-refractivity contribution in [2.45, 2.75) is 27.2 Å². The number of esters is 1. The van der Waals surface area contributed by atoms with Crippen molar-refractivity contribution in [3.63, 3.8) is 0 Å². The van der Waals surface area contributed by atoms with E-state index in [1.165, 1.54) is 17.0 Å². The zero-order valence-electron chi connectivity index (χ0n) is 10.7. The summed E-state index contributed by atoms with van der Waals surface area (Å²) in [5, 5.41) is 0. The number of carbonyl (C=O) groups excluding carboxylic acids is 1. The minimum atomic E-state index is -0.320. The number of benzene rings is 1. The maximum absolute atomic E-state index is 11.2. The molecule has 0 heterocycles. The highest BCUT2D eigenvalue weighted by atomic mass is 16.5. The highest BCUT2D eigenvalue weighted by Crippen LogP contribution is 2.18. The van der Waals surface area contributed by atoms with Crippen LogP contribution in [0.2, 0.25) is 0 Å². The van der Waals surface area contributed by atoms with E-state index in [2.05, 4.69) is 32.6 Å². The zero-order chi connectivity index (χ0) is 12.8. The molecule has 1 aromatic carbocycles. The van der Waals surface area contributed by atoms with Gasteiger partial charge in [0.2, 0.25) is 0 Å². The van der Waals surface area contributed by atoms with Gasteiger partial charge in [0.25, 0.3) is 0 Å². The molecule has 0 aliphatic heterocycles. The van der Waals surface area contributed by atoms with E-state index in [1.807, 2.05) is 12.1 Å². The summed E-state index contributed by atoms with van der Waals surface area (Å²) < 4.78 is 5.09. The maximum Gasteiger partial charge on any atom is 0.333 e. The van der Waals surface area contributed by atoms with Crippen LogP contribution in [0.15, 0.2) is 36.4 Å². The summed E-state index contributed by atoms with van der Waals surface area (Å²) in [5.74, 6) is 0.950. The van der Waals surface area contributed by atoms with Crippen LogP contribution in [-0.4, -0.2) is 12.6 Å². The van der Waals surface area contributed by atoms with E-state index < -0.39 is 0 Å². The molecule has 0 unspecified atom stereocenters. The molecular weight excluding hydrogens is 212 g/mol. The van der Waals surface area contributed by atoms with Crippen molar-refractivity contribution in [3.05, 3.63) is 53.5 Å². The molecule has 0 saturated carbocycles. The third-order valence-corrected chi connectivity index (χ3v) is 2.51. The summed E-state index contributed by atoms with van der Waals surface area (Å²) >= 11 is 0. The van der Waals surface area contributed by atoms with Gasteiger partial charge in [0, 0.05) is 12.0 Å². The second-order valence-corrected chi connectivity index (χ2v) is 4.32. The van der Waals surface area contributed by atoms with Crippen LogP contribution in [0, 0.1) is 5.92 Å². The van der Waals surface area contributed by atoms with Crippen molar-refractivity contribution in [1.82, 2.24) is 0 Å². The molecule has 2 heteroatoms. The van der Waals surface area contributed by atoms with E-state index in [9.17, 15) is 4.79 Å². The van der Waals surface area contributed by atoms with Gasteiger partial charge < -0.3 is 4.74 Å². The van der Waals surface area contributed by atoms with Crippen LogP contribution in [0.5, 0.6) is 0 Å². The van der Waals surface area contributed by atoms with Crippen molar-refractivity contribution in [1.29, 1.82) is 0 Å². The maximum atomic E-state index is 11.2. The predicted molar refractivity (Wildman–Crippen MR) is 69.6 cm³/mol. The SMILES string of the molecule is C=C(C)C(=O)OCCc1ccccc1[C](C)C. The van der Waals surface area contributed by atoms with Gasteiger partial charge in [0.1, 0.15) is 0 Å². The van der Waals surface area contributed by atoms with E-state index in [1.54, 1.807) is 6.92 Å². The fourth-order valence-corrected chi connectivity index (χ4v) is 1.60. The van der Waals surface area contributed by atoms with Gasteiger partial charge in [-0.05, 0) is 24.0 Å². The second-order valence-electron chi connectivity index (χ2n) is 4.32. The van der Waals surface area contributed by atoms with Gasteiger partial charge in [-0.1, -0.05) is 44.7 Å². The lowest BCUT2D eigenvalue weighted by Crippen LogP contribution is -2.09. The predicted octanol–water partition coefficient (Wildman–Crippen LogP) is 3.31. The zero-order valence-corrected chi connectivity index (χ0v) is 10.7. The van der Waals surface area contributed by atoms with Gasteiger partial charge in [0.15, 0.2) is 0 Å². The molecule has 0 aliphatic carbocycles. The van der Waals surface area contributed by atoms with E-state index in [0.717, 1.165) is 6.42 Å². The van der Waals surface area contributed by atoms with Gasteiger partial charge in [-0.25, -0.2) is 4.79 Å². The Kier molecular flexibility index (Phi) is 4.95. The van der Waals surface area contributed by atoms with Gasteiger partial charge in [-0.3, -0.25) is 0 Å². The third kappa shape index (κ3) is 4.06. The molecule has 91 valence electrons. The molecule has 0 atom stereocenters. The highest BCUT2D eigenvalue weighted by molar-refractivity contribution is 5.86. The highest BCUT2D eigenvalue weighted by Gasteiger charge is 2.07.